The van der Waals surface area contributed by atoms with Gasteiger partial charge in [-0.3, -0.25) is 10.3 Å². The molecule has 5 heteroatoms. The van der Waals surface area contributed by atoms with Gasteiger partial charge in [0.2, 0.25) is 0 Å². The molecule has 0 radical (unpaired) electrons. The number of nitrogens with two attached hydrogens (primary N) is 1. The molecule has 0 atom stereocenters. The fourth-order valence-corrected chi connectivity index (χ4v) is 1.59. The van der Waals surface area contributed by atoms with Crippen LogP contribution < -0.4 is 5.73 Å². The number of hydrogen-bond acceptors (Lipinski definition) is 3. The van der Waals surface area contributed by atoms with E-state index < -0.39 is 0 Å². The van der Waals surface area contributed by atoms with Gasteiger partial charge in [-0.15, -0.1) is 0 Å². The highest BCUT2D eigenvalue weighted by Gasteiger charge is 2.16. The van der Waals surface area contributed by atoms with Crippen LogP contribution >= 0.6 is 0 Å². The third-order valence-electron chi connectivity index (χ3n) is 2.48. The second kappa shape index (κ2) is 5.45. The van der Waals surface area contributed by atoms with E-state index in [0.717, 1.165) is 39.1 Å². The van der Waals surface area contributed by atoms with Gasteiger partial charge in [-0.1, -0.05) is 0 Å². The lowest BCUT2D eigenvalue weighted by molar-refractivity contribution is 0.179. The van der Waals surface area contributed by atoms with Crippen molar-refractivity contribution in [3.8, 4) is 6.07 Å². The van der Waals surface area contributed by atoms with Crippen molar-refractivity contribution in [1.82, 2.24) is 9.80 Å². The smallest absolute Gasteiger partial charge is 0.188 e. The van der Waals surface area contributed by atoms with Gasteiger partial charge in [0.25, 0.3) is 0 Å². The Bertz CT molecular complexity index is 224. The van der Waals surface area contributed by atoms with E-state index in [1.54, 1.807) is 0 Å². The minimum Gasteiger partial charge on any atom is -0.370 e. The van der Waals surface area contributed by atoms with Crippen LogP contribution in [0.5, 0.6) is 0 Å². The fourth-order valence-electron chi connectivity index (χ4n) is 1.59. The van der Waals surface area contributed by atoms with Gasteiger partial charge in [-0.2, -0.15) is 5.26 Å². The van der Waals surface area contributed by atoms with Crippen molar-refractivity contribution < 1.29 is 0 Å². The molecule has 0 aromatic rings. The molecular weight excluding hydrogens is 178 g/mol. The molecular formula is C9H17N5. The van der Waals surface area contributed by atoms with Gasteiger partial charge in [-0.25, -0.2) is 0 Å². The van der Waals surface area contributed by atoms with Crippen molar-refractivity contribution in [2.75, 3.05) is 32.7 Å². The molecule has 1 saturated heterocycles. The Morgan fingerprint density at radius 2 is 2.00 bits per heavy atom. The third-order valence-corrected chi connectivity index (χ3v) is 2.48. The molecule has 1 aliphatic rings. The van der Waals surface area contributed by atoms with E-state index in [1.807, 2.05) is 4.90 Å². The Balaban J connectivity index is 2.16. The first-order valence-electron chi connectivity index (χ1n) is 4.92. The van der Waals surface area contributed by atoms with Crippen molar-refractivity contribution in [1.29, 1.82) is 10.7 Å². The molecule has 78 valence electrons. The van der Waals surface area contributed by atoms with Gasteiger partial charge < -0.3 is 10.6 Å². The van der Waals surface area contributed by atoms with Crippen molar-refractivity contribution in [2.24, 2.45) is 5.73 Å². The molecule has 1 heterocycles. The highest BCUT2D eigenvalue weighted by Crippen LogP contribution is 2.02. The largest absolute Gasteiger partial charge is 0.370 e. The van der Waals surface area contributed by atoms with Gasteiger partial charge in [0.05, 0.1) is 6.07 Å². The zero-order chi connectivity index (χ0) is 10.4. The van der Waals surface area contributed by atoms with Crippen LogP contribution in [0.4, 0.5) is 0 Å². The highest BCUT2D eigenvalue weighted by atomic mass is 15.3. The molecule has 1 fully saturated rings. The number of rotatable bonds is 3. The number of nitriles is 1. The zero-order valence-electron chi connectivity index (χ0n) is 8.37. The molecule has 14 heavy (non-hydrogen) atoms. The second-order valence-electron chi connectivity index (χ2n) is 3.48. The molecule has 0 aromatic carbocycles. The van der Waals surface area contributed by atoms with Crippen molar-refractivity contribution in [2.45, 2.75) is 12.8 Å². The van der Waals surface area contributed by atoms with Crippen LogP contribution in [0.1, 0.15) is 12.8 Å². The van der Waals surface area contributed by atoms with Crippen LogP contribution in [0.2, 0.25) is 0 Å². The lowest BCUT2D eigenvalue weighted by Gasteiger charge is -2.34. The van der Waals surface area contributed by atoms with Crippen LogP contribution in [0.15, 0.2) is 0 Å². The van der Waals surface area contributed by atoms with Crippen molar-refractivity contribution >= 4 is 5.96 Å². The number of nitrogens with zero attached hydrogens (tertiary/aromatic N) is 3. The summed E-state index contributed by atoms with van der Waals surface area (Å²) >= 11 is 0. The Hall–Kier alpha value is -1.28. The first kappa shape index (κ1) is 10.8. The monoisotopic (exact) mass is 195 g/mol. The molecule has 0 amide bonds. The molecule has 5 nitrogen and oxygen atoms in total. The summed E-state index contributed by atoms with van der Waals surface area (Å²) in [4.78, 5) is 4.19. The lowest BCUT2D eigenvalue weighted by Crippen LogP contribution is -2.50. The quantitative estimate of drug-likeness (QED) is 0.371. The summed E-state index contributed by atoms with van der Waals surface area (Å²) in [5, 5.41) is 15.7. The summed E-state index contributed by atoms with van der Waals surface area (Å²) in [5.41, 5.74) is 5.38. The summed E-state index contributed by atoms with van der Waals surface area (Å²) in [5.74, 6) is 0.168. The second-order valence-corrected chi connectivity index (χ2v) is 3.48. The molecule has 0 aromatic heterocycles. The van der Waals surface area contributed by atoms with Gasteiger partial charge in [0.15, 0.2) is 5.96 Å². The number of unbranched alkanes of at least 4 members (excludes halogenated alkanes) is 1. The van der Waals surface area contributed by atoms with E-state index in [4.69, 9.17) is 16.4 Å². The normalized spacial score (nSPS) is 17.8. The maximum absolute atomic E-state index is 8.39. The molecule has 0 bridgehead atoms. The third kappa shape index (κ3) is 3.23. The first-order chi connectivity index (χ1) is 6.74. The summed E-state index contributed by atoms with van der Waals surface area (Å²) in [6.45, 7) is 4.55. The minimum atomic E-state index is 0.168. The number of hydrogen-bond donors (Lipinski definition) is 2. The summed E-state index contributed by atoms with van der Waals surface area (Å²) in [6.07, 6.45) is 1.57. The average molecular weight is 195 g/mol. The molecule has 0 aliphatic carbocycles. The van der Waals surface area contributed by atoms with Crippen LogP contribution in [0.3, 0.4) is 0 Å². The van der Waals surface area contributed by atoms with Gasteiger partial charge in [-0.05, 0) is 13.0 Å². The van der Waals surface area contributed by atoms with Crippen LogP contribution in [0, 0.1) is 16.7 Å². The van der Waals surface area contributed by atoms with Gasteiger partial charge >= 0.3 is 0 Å². The standard InChI is InChI=1S/C9H17N5/c10-3-1-2-4-13-5-7-14(8-6-13)9(11)12/h1-2,4-8H2,(H3,11,12). The lowest BCUT2D eigenvalue weighted by atomic mass is 10.2. The minimum absolute atomic E-state index is 0.168. The maximum atomic E-state index is 8.39. The first-order valence-corrected chi connectivity index (χ1v) is 4.92. The van der Waals surface area contributed by atoms with E-state index in [2.05, 4.69) is 11.0 Å². The molecule has 0 saturated carbocycles. The number of piperazine rings is 1. The van der Waals surface area contributed by atoms with E-state index >= 15 is 0 Å². The maximum Gasteiger partial charge on any atom is 0.188 e. The SMILES string of the molecule is N#CCCCN1CCN(C(=N)N)CC1. The predicted octanol–water partition coefficient (Wildman–Crippen LogP) is -0.199. The van der Waals surface area contributed by atoms with Crippen LogP contribution in [0.25, 0.3) is 0 Å². The van der Waals surface area contributed by atoms with Crippen LogP contribution in [-0.2, 0) is 0 Å². The van der Waals surface area contributed by atoms with E-state index in [0.29, 0.717) is 6.42 Å². The summed E-state index contributed by atoms with van der Waals surface area (Å²) in [7, 11) is 0. The Morgan fingerprint density at radius 3 is 2.50 bits per heavy atom. The number of nitrogens with one attached hydrogen (secondary N) is 1. The Morgan fingerprint density at radius 1 is 1.36 bits per heavy atom. The Labute approximate surface area is 84.6 Å². The molecule has 0 unspecified atom stereocenters. The molecule has 0 spiro atoms. The van der Waals surface area contributed by atoms with Crippen molar-refractivity contribution in [3.05, 3.63) is 0 Å². The van der Waals surface area contributed by atoms with E-state index in [9.17, 15) is 0 Å². The van der Waals surface area contributed by atoms with Crippen LogP contribution in [-0.4, -0.2) is 48.5 Å². The fraction of sp³-hybridized carbons (Fsp3) is 0.778. The average Bonchev–Trinajstić information content (AvgIpc) is 2.19. The van der Waals surface area contributed by atoms with Crippen molar-refractivity contribution in [3.63, 3.8) is 0 Å². The molecule has 1 aliphatic heterocycles. The van der Waals surface area contributed by atoms with E-state index in [-0.39, 0.29) is 5.96 Å². The summed E-state index contributed by atoms with van der Waals surface area (Å²) < 4.78 is 0. The number of guanidine groups is 1. The van der Waals surface area contributed by atoms with Gasteiger partial charge in [0.1, 0.15) is 0 Å². The topological polar surface area (TPSA) is 80.1 Å². The zero-order valence-corrected chi connectivity index (χ0v) is 8.37. The van der Waals surface area contributed by atoms with Gasteiger partial charge in [0, 0.05) is 32.6 Å². The molecule has 1 rings (SSSR count). The summed E-state index contributed by atoms with van der Waals surface area (Å²) in [6, 6.07) is 2.14. The highest BCUT2D eigenvalue weighted by molar-refractivity contribution is 5.74. The predicted molar refractivity (Wildman–Crippen MR) is 54.8 cm³/mol. The Kier molecular flexibility index (Phi) is 4.20. The molecule has 3 N–H and O–H groups in total. The van der Waals surface area contributed by atoms with E-state index in [1.165, 1.54) is 0 Å².